The maximum Gasteiger partial charge on any atom is 0.245 e. The van der Waals surface area contributed by atoms with Crippen LogP contribution in [0.5, 0.6) is 0 Å². The van der Waals surface area contributed by atoms with E-state index in [0.717, 1.165) is 4.90 Å². The molecule has 0 bridgehead atoms. The third kappa shape index (κ3) is 22.0. The summed E-state index contributed by atoms with van der Waals surface area (Å²) in [6.07, 6.45) is 0.569. The summed E-state index contributed by atoms with van der Waals surface area (Å²) in [6, 6.07) is -1.29. The highest BCUT2D eigenvalue weighted by Gasteiger charge is 2.40. The summed E-state index contributed by atoms with van der Waals surface area (Å²) in [5.74, 6) is -9.07. The number of primary amides is 1. The highest BCUT2D eigenvalue weighted by atomic mass is 16.3. The van der Waals surface area contributed by atoms with Crippen molar-refractivity contribution in [2.45, 2.75) is 168 Å². The molecular formula is C51H84N14O12. The number of carbonyl (C=O) groups is 11. The van der Waals surface area contributed by atoms with Crippen LogP contribution < -0.4 is 59.7 Å². The van der Waals surface area contributed by atoms with Crippen molar-refractivity contribution in [3.8, 4) is 0 Å². The topological polar surface area (TPSA) is 401 Å². The Bertz CT molecular complexity index is 2230. The lowest BCUT2D eigenvalue weighted by atomic mass is 9.96. The van der Waals surface area contributed by atoms with Crippen LogP contribution in [0.2, 0.25) is 0 Å². The monoisotopic (exact) mass is 1080 g/mol. The highest BCUT2D eigenvalue weighted by molar-refractivity contribution is 5.99. The summed E-state index contributed by atoms with van der Waals surface area (Å²) in [5.41, 5.74) is 17.0. The molecule has 26 heteroatoms. The van der Waals surface area contributed by atoms with E-state index in [1.54, 1.807) is 65.0 Å². The zero-order chi connectivity index (χ0) is 58.1. The molecule has 11 atom stereocenters. The van der Waals surface area contributed by atoms with E-state index in [0.29, 0.717) is 31.2 Å². The Morgan fingerprint density at radius 1 is 0.701 bits per heavy atom. The van der Waals surface area contributed by atoms with Gasteiger partial charge < -0.3 is 74.6 Å². The fourth-order valence-electron chi connectivity index (χ4n) is 8.15. The minimum Gasteiger partial charge on any atom is -0.391 e. The third-order valence-corrected chi connectivity index (χ3v) is 13.3. The molecule has 1 aliphatic rings. The van der Waals surface area contributed by atoms with Gasteiger partial charge in [-0.2, -0.15) is 0 Å². The van der Waals surface area contributed by atoms with Gasteiger partial charge in [0.25, 0.3) is 0 Å². The minimum absolute atomic E-state index is 0.0217. The van der Waals surface area contributed by atoms with Crippen LogP contribution in [0.3, 0.4) is 0 Å². The van der Waals surface area contributed by atoms with Crippen molar-refractivity contribution in [1.29, 1.82) is 0 Å². The van der Waals surface area contributed by atoms with E-state index in [-0.39, 0.29) is 63.6 Å². The summed E-state index contributed by atoms with van der Waals surface area (Å²) in [7, 11) is 1.42. The number of guanidine groups is 1. The van der Waals surface area contributed by atoms with Gasteiger partial charge in [0.1, 0.15) is 48.3 Å². The first-order chi connectivity index (χ1) is 36.3. The number of aliphatic hydroxyl groups excluding tert-OH is 1. The Morgan fingerprint density at radius 2 is 1.25 bits per heavy atom. The predicted molar refractivity (Wildman–Crippen MR) is 285 cm³/mol. The van der Waals surface area contributed by atoms with E-state index < -0.39 is 132 Å². The maximum atomic E-state index is 14.3. The number of likely N-dealkylation sites (N-methyl/N-ethyl adjacent to an activating group) is 1. The van der Waals surface area contributed by atoms with Crippen molar-refractivity contribution < 1.29 is 57.8 Å². The summed E-state index contributed by atoms with van der Waals surface area (Å²) in [4.78, 5) is 153. The zero-order valence-electron chi connectivity index (χ0n) is 45.9. The number of hydrogen-bond acceptors (Lipinski definition) is 13. The van der Waals surface area contributed by atoms with Crippen molar-refractivity contribution in [1.82, 2.24) is 52.3 Å². The van der Waals surface area contributed by atoms with Gasteiger partial charge >= 0.3 is 0 Å². The fourth-order valence-corrected chi connectivity index (χ4v) is 8.15. The number of aliphatic imine (C=N–C) groups is 1. The number of likely N-dealkylation sites (tertiary alicyclic amines) is 1. The van der Waals surface area contributed by atoms with Gasteiger partial charge in [-0.05, 0) is 63.4 Å². The number of aliphatic hydroxyl groups is 1. The predicted octanol–water partition coefficient (Wildman–Crippen LogP) is -2.96. The first kappa shape index (κ1) is 65.7. The Balaban J connectivity index is 2.35. The summed E-state index contributed by atoms with van der Waals surface area (Å²) < 4.78 is 0. The first-order valence-electron chi connectivity index (χ1n) is 26.2. The number of nitrogens with two attached hydrogens (primary N) is 3. The van der Waals surface area contributed by atoms with E-state index in [1.807, 2.05) is 0 Å². The molecule has 2 rings (SSSR count). The maximum absolute atomic E-state index is 14.3. The number of carbonyl (C=O) groups excluding carboxylic acids is 11. The molecule has 0 saturated carbocycles. The lowest BCUT2D eigenvalue weighted by Gasteiger charge is -2.32. The van der Waals surface area contributed by atoms with Crippen LogP contribution in [0, 0.1) is 11.8 Å². The largest absolute Gasteiger partial charge is 0.391 e. The average molecular weight is 1090 g/mol. The van der Waals surface area contributed by atoms with Gasteiger partial charge in [0.15, 0.2) is 5.96 Å². The highest BCUT2D eigenvalue weighted by Crippen LogP contribution is 2.21. The normalized spacial score (nSPS) is 16.9. The molecule has 0 unspecified atom stereocenters. The van der Waals surface area contributed by atoms with Crippen LogP contribution in [-0.2, 0) is 59.2 Å². The van der Waals surface area contributed by atoms with Crippen molar-refractivity contribution in [3.63, 3.8) is 0 Å². The molecule has 0 aliphatic carbocycles. The number of nitrogens with one attached hydrogen (secondary N) is 8. The van der Waals surface area contributed by atoms with Gasteiger partial charge in [-0.1, -0.05) is 84.2 Å². The number of nitrogens with zero attached hydrogens (tertiary/aromatic N) is 3. The van der Waals surface area contributed by atoms with Crippen molar-refractivity contribution in [3.05, 3.63) is 35.9 Å². The fraction of sp³-hybridized carbons (Fsp3) is 0.647. The van der Waals surface area contributed by atoms with Crippen LogP contribution in [0.15, 0.2) is 35.3 Å². The molecule has 15 N–H and O–H groups in total. The van der Waals surface area contributed by atoms with Crippen LogP contribution in [0.25, 0.3) is 0 Å². The summed E-state index contributed by atoms with van der Waals surface area (Å²) in [6.45, 7) is 12.1. The second-order valence-corrected chi connectivity index (χ2v) is 19.6. The molecular weight excluding hydrogens is 1000 g/mol. The molecule has 1 heterocycles. The van der Waals surface area contributed by atoms with Gasteiger partial charge in [-0.3, -0.25) is 57.7 Å². The van der Waals surface area contributed by atoms with Gasteiger partial charge in [-0.15, -0.1) is 0 Å². The van der Waals surface area contributed by atoms with E-state index in [4.69, 9.17) is 17.2 Å². The second-order valence-electron chi connectivity index (χ2n) is 19.6. The van der Waals surface area contributed by atoms with Crippen molar-refractivity contribution in [2.75, 3.05) is 33.2 Å². The minimum atomic E-state index is -1.67. The Kier molecular flexibility index (Phi) is 28.1. The Labute approximate surface area is 450 Å². The molecule has 0 aromatic heterocycles. The number of benzene rings is 1. The molecule has 0 spiro atoms. The van der Waals surface area contributed by atoms with E-state index in [1.165, 1.54) is 32.7 Å². The smallest absolute Gasteiger partial charge is 0.245 e. The molecule has 1 aromatic carbocycles. The Morgan fingerprint density at radius 3 is 1.78 bits per heavy atom. The van der Waals surface area contributed by atoms with Crippen LogP contribution in [0.4, 0.5) is 0 Å². The number of amides is 11. The molecule has 77 heavy (non-hydrogen) atoms. The van der Waals surface area contributed by atoms with Crippen molar-refractivity contribution in [2.24, 2.45) is 34.0 Å². The summed E-state index contributed by atoms with van der Waals surface area (Å²) >= 11 is 0. The Hall–Kier alpha value is -7.38. The SMILES string of the molecule is CCC[C@H](NC(=O)[C@@H](NC(=O)[C@H](NC(=O)[C@H](Cc1ccccc1)NC(=O)CNC(=O)CN(C)C(C)=O)[C@@H](C)CC)[C@@H](C)O)C(=O)N[C@H](C(=O)N[C@@H](CCCN=C(N)N)C(=O)N1CCC[C@H]1C(=O)N[C@H](C)C(N)=O)[C@@H](C)CC. The van der Waals surface area contributed by atoms with Crippen molar-refractivity contribution >= 4 is 70.9 Å². The molecule has 1 saturated heterocycles. The average Bonchev–Trinajstić information content (AvgIpc) is 3.88. The molecule has 26 nitrogen and oxygen atoms in total. The van der Waals surface area contributed by atoms with Crippen LogP contribution in [-0.4, -0.2) is 174 Å². The molecule has 11 amide bonds. The van der Waals surface area contributed by atoms with Gasteiger partial charge in [-0.25, -0.2) is 0 Å². The molecule has 1 aromatic rings. The number of hydrogen-bond donors (Lipinski definition) is 12. The second kappa shape index (κ2) is 32.9. The van der Waals surface area contributed by atoms with Gasteiger partial charge in [0.05, 0.1) is 19.2 Å². The summed E-state index contributed by atoms with van der Waals surface area (Å²) in [5, 5.41) is 31.8. The standard InChI is InChI=1S/C51H84N14O12/c1-10-18-34(44(71)61-40(28(4)11-2)47(74)60-35(21-16-23-55-51(53)54)50(77)65-24-17-22-37(65)46(73)57-30(6)43(52)70)59-49(76)42(31(7)66)63-48(75)41(29(5)12-3)62-45(72)36(25-33-19-14-13-15-20-33)58-38(68)26-56-39(69)27-64(9)32(8)67/h13-15,19-20,28-31,34-37,40-42,66H,10-12,16-18,21-27H2,1-9H3,(H2,52,70)(H,56,69)(H,57,73)(H,58,68)(H,59,76)(H,60,74)(H,61,71)(H,62,72)(H,63,75)(H4,53,54,55)/t28-,29-,30+,31+,34-,35-,36-,37-,40-,41+,42-/m0/s1. The quantitative estimate of drug-likeness (QED) is 0.0195. The van der Waals surface area contributed by atoms with Gasteiger partial charge in [0.2, 0.25) is 65.0 Å². The molecule has 1 aliphatic heterocycles. The third-order valence-electron chi connectivity index (χ3n) is 13.3. The van der Waals surface area contributed by atoms with Gasteiger partial charge in [0, 0.05) is 33.5 Å². The molecule has 430 valence electrons. The lowest BCUT2D eigenvalue weighted by Crippen LogP contribution is -2.63. The van der Waals surface area contributed by atoms with Crippen LogP contribution >= 0.6 is 0 Å². The molecule has 0 radical (unpaired) electrons. The molecule has 1 fully saturated rings. The van der Waals surface area contributed by atoms with E-state index in [9.17, 15) is 57.8 Å². The van der Waals surface area contributed by atoms with E-state index in [2.05, 4.69) is 47.5 Å². The first-order valence-corrected chi connectivity index (χ1v) is 26.2. The lowest BCUT2D eigenvalue weighted by molar-refractivity contribution is -0.142. The van der Waals surface area contributed by atoms with E-state index >= 15 is 0 Å². The van der Waals surface area contributed by atoms with Crippen LogP contribution in [0.1, 0.15) is 112 Å². The zero-order valence-corrected chi connectivity index (χ0v) is 45.9. The number of rotatable bonds is 32.